The maximum Gasteiger partial charge on any atom is 0.129 e. The third kappa shape index (κ3) is 3.09. The number of halogens is 1. The van der Waals surface area contributed by atoms with Gasteiger partial charge in [0.15, 0.2) is 0 Å². The van der Waals surface area contributed by atoms with Crippen LogP contribution in [0.2, 0.25) is 0 Å². The van der Waals surface area contributed by atoms with E-state index in [1.165, 1.54) is 25.3 Å². The van der Waals surface area contributed by atoms with Gasteiger partial charge in [-0.3, -0.25) is 0 Å². The van der Waals surface area contributed by atoms with Crippen molar-refractivity contribution in [2.75, 3.05) is 6.54 Å². The second-order valence-corrected chi connectivity index (χ2v) is 5.18. The van der Waals surface area contributed by atoms with Gasteiger partial charge >= 0.3 is 0 Å². The van der Waals surface area contributed by atoms with Crippen LogP contribution in [0.4, 0.5) is 4.39 Å². The fourth-order valence-corrected chi connectivity index (χ4v) is 2.69. The van der Waals surface area contributed by atoms with Crippen LogP contribution in [-0.4, -0.2) is 12.6 Å². The molecule has 0 saturated heterocycles. The van der Waals surface area contributed by atoms with Crippen LogP contribution in [0, 0.1) is 11.7 Å². The molecule has 3 unspecified atom stereocenters. The van der Waals surface area contributed by atoms with Gasteiger partial charge in [0.25, 0.3) is 0 Å². The van der Waals surface area contributed by atoms with Gasteiger partial charge in [-0.2, -0.15) is 0 Å². The molecule has 1 aromatic carbocycles. The summed E-state index contributed by atoms with van der Waals surface area (Å²) in [6, 6.07) is 6.75. The second-order valence-electron chi connectivity index (χ2n) is 5.18. The molecule has 0 aliphatic heterocycles. The quantitative estimate of drug-likeness (QED) is 0.890. The smallest absolute Gasteiger partial charge is 0.129 e. The molecule has 2 rings (SSSR count). The Labute approximate surface area is 108 Å². The summed E-state index contributed by atoms with van der Waals surface area (Å²) >= 11 is 0. The Morgan fingerprint density at radius 3 is 2.72 bits per heavy atom. The monoisotopic (exact) mass is 251 g/mol. The van der Waals surface area contributed by atoms with E-state index in [9.17, 15) is 4.39 Å². The zero-order chi connectivity index (χ0) is 13.0. The van der Waals surface area contributed by atoms with Crippen molar-refractivity contribution in [1.29, 1.82) is 0 Å². The highest BCUT2D eigenvalue weighted by Crippen LogP contribution is 2.31. The van der Waals surface area contributed by atoms with Crippen LogP contribution < -0.4 is 5.73 Å². The van der Waals surface area contributed by atoms with Crippen molar-refractivity contribution in [3.05, 3.63) is 35.6 Å². The Morgan fingerprint density at radius 2 is 2.06 bits per heavy atom. The van der Waals surface area contributed by atoms with Gasteiger partial charge in [-0.25, -0.2) is 4.39 Å². The second kappa shape index (κ2) is 6.30. The lowest BCUT2D eigenvalue weighted by Gasteiger charge is -2.32. The fraction of sp³-hybridized carbons (Fsp3) is 0.600. The largest absolute Gasteiger partial charge is 0.369 e. The minimum absolute atomic E-state index is 0.215. The van der Waals surface area contributed by atoms with Crippen molar-refractivity contribution in [3.63, 3.8) is 0 Å². The average molecular weight is 251 g/mol. The van der Waals surface area contributed by atoms with E-state index in [1.54, 1.807) is 12.1 Å². The molecule has 3 atom stereocenters. The fourth-order valence-electron chi connectivity index (χ4n) is 2.69. The lowest BCUT2D eigenvalue weighted by atomic mass is 9.87. The molecule has 3 heteroatoms. The van der Waals surface area contributed by atoms with Gasteiger partial charge in [-0.15, -0.1) is 0 Å². The first kappa shape index (κ1) is 13.5. The first-order valence-electron chi connectivity index (χ1n) is 6.82. The molecule has 2 nitrogen and oxygen atoms in total. The van der Waals surface area contributed by atoms with Crippen molar-refractivity contribution < 1.29 is 9.13 Å². The molecule has 0 spiro atoms. The number of nitrogens with two attached hydrogens (primary N) is 1. The van der Waals surface area contributed by atoms with Crippen LogP contribution in [-0.2, 0) is 4.74 Å². The summed E-state index contributed by atoms with van der Waals surface area (Å²) in [6.45, 7) is 2.53. The molecular weight excluding hydrogens is 229 g/mol. The first-order valence-corrected chi connectivity index (χ1v) is 6.82. The third-order valence-electron chi connectivity index (χ3n) is 3.84. The zero-order valence-corrected chi connectivity index (χ0v) is 10.9. The van der Waals surface area contributed by atoms with Gasteiger partial charge in [-0.1, -0.05) is 38.0 Å². The van der Waals surface area contributed by atoms with Crippen LogP contribution >= 0.6 is 0 Å². The molecule has 2 N–H and O–H groups in total. The molecule has 18 heavy (non-hydrogen) atoms. The highest BCUT2D eigenvalue weighted by molar-refractivity contribution is 5.20. The van der Waals surface area contributed by atoms with E-state index in [1.807, 2.05) is 6.07 Å². The summed E-state index contributed by atoms with van der Waals surface area (Å²) < 4.78 is 19.8. The summed E-state index contributed by atoms with van der Waals surface area (Å²) in [6.07, 6.45) is 4.62. The Kier molecular flexibility index (Phi) is 4.72. The minimum Gasteiger partial charge on any atom is -0.369 e. The minimum atomic E-state index is -0.322. The molecule has 1 aliphatic rings. The molecule has 100 valence electrons. The van der Waals surface area contributed by atoms with Crippen molar-refractivity contribution in [1.82, 2.24) is 0 Å². The number of hydrogen-bond donors (Lipinski definition) is 1. The van der Waals surface area contributed by atoms with E-state index in [2.05, 4.69) is 6.92 Å². The van der Waals surface area contributed by atoms with Crippen molar-refractivity contribution in [2.24, 2.45) is 11.7 Å². The summed E-state index contributed by atoms with van der Waals surface area (Å²) in [4.78, 5) is 0. The molecule has 1 saturated carbocycles. The van der Waals surface area contributed by atoms with E-state index >= 15 is 0 Å². The average Bonchev–Trinajstić information content (AvgIpc) is 2.39. The third-order valence-corrected chi connectivity index (χ3v) is 3.84. The molecule has 1 aliphatic carbocycles. The summed E-state index contributed by atoms with van der Waals surface area (Å²) in [5.74, 6) is 0.316. The number of hydrogen-bond acceptors (Lipinski definition) is 2. The normalized spacial score (nSPS) is 25.9. The summed E-state index contributed by atoms with van der Waals surface area (Å²) in [5.41, 5.74) is 6.33. The van der Waals surface area contributed by atoms with Gasteiger partial charge in [0.2, 0.25) is 0 Å². The summed E-state index contributed by atoms with van der Waals surface area (Å²) in [5, 5.41) is 0. The lowest BCUT2D eigenvalue weighted by molar-refractivity contribution is -0.0545. The topological polar surface area (TPSA) is 35.2 Å². The Bertz CT molecular complexity index is 383. The SMILES string of the molecule is CC1CCCCC1OC(CN)c1ccccc1F. The first-order chi connectivity index (χ1) is 8.72. The molecule has 0 bridgehead atoms. The van der Waals surface area contributed by atoms with Crippen LogP contribution in [0.3, 0.4) is 0 Å². The van der Waals surface area contributed by atoms with Gasteiger partial charge < -0.3 is 10.5 Å². The zero-order valence-electron chi connectivity index (χ0n) is 10.9. The number of benzene rings is 1. The molecule has 0 radical (unpaired) electrons. The molecule has 1 aromatic rings. The van der Waals surface area contributed by atoms with Crippen LogP contribution in [0.1, 0.15) is 44.3 Å². The number of ether oxygens (including phenoxy) is 1. The van der Waals surface area contributed by atoms with Crippen LogP contribution in [0.5, 0.6) is 0 Å². The predicted octanol–water partition coefficient (Wildman–Crippen LogP) is 3.42. The molecule has 0 aromatic heterocycles. The van der Waals surface area contributed by atoms with Crippen LogP contribution in [0.15, 0.2) is 24.3 Å². The maximum absolute atomic E-state index is 13.7. The van der Waals surface area contributed by atoms with E-state index < -0.39 is 0 Å². The van der Waals surface area contributed by atoms with Gasteiger partial charge in [0.1, 0.15) is 5.82 Å². The molecule has 1 fully saturated rings. The highest BCUT2D eigenvalue weighted by Gasteiger charge is 2.26. The van der Waals surface area contributed by atoms with Crippen molar-refractivity contribution >= 4 is 0 Å². The Morgan fingerprint density at radius 1 is 1.33 bits per heavy atom. The van der Waals surface area contributed by atoms with E-state index in [-0.39, 0.29) is 18.0 Å². The Balaban J connectivity index is 2.07. The maximum atomic E-state index is 13.7. The standard InChI is InChI=1S/C15H22FNO/c1-11-6-2-5-9-14(11)18-15(10-17)12-7-3-4-8-13(12)16/h3-4,7-8,11,14-15H,2,5-6,9-10,17H2,1H3. The molecule has 0 heterocycles. The molecular formula is C15H22FNO. The van der Waals surface area contributed by atoms with E-state index in [0.29, 0.717) is 18.0 Å². The highest BCUT2D eigenvalue weighted by atomic mass is 19.1. The van der Waals surface area contributed by atoms with Gasteiger partial charge in [0.05, 0.1) is 12.2 Å². The molecule has 0 amide bonds. The van der Waals surface area contributed by atoms with Crippen LogP contribution in [0.25, 0.3) is 0 Å². The lowest BCUT2D eigenvalue weighted by Crippen LogP contribution is -2.30. The number of rotatable bonds is 4. The Hall–Kier alpha value is -0.930. The van der Waals surface area contributed by atoms with E-state index in [0.717, 1.165) is 6.42 Å². The van der Waals surface area contributed by atoms with Gasteiger partial charge in [-0.05, 0) is 24.8 Å². The summed E-state index contributed by atoms with van der Waals surface area (Å²) in [7, 11) is 0. The van der Waals surface area contributed by atoms with E-state index in [4.69, 9.17) is 10.5 Å². The predicted molar refractivity (Wildman–Crippen MR) is 70.7 cm³/mol. The van der Waals surface area contributed by atoms with Crippen molar-refractivity contribution in [3.8, 4) is 0 Å². The van der Waals surface area contributed by atoms with Gasteiger partial charge in [0, 0.05) is 12.1 Å². The van der Waals surface area contributed by atoms with Crippen molar-refractivity contribution in [2.45, 2.75) is 44.8 Å².